The maximum Gasteiger partial charge on any atom is 0.416 e. The summed E-state index contributed by atoms with van der Waals surface area (Å²) in [5, 5.41) is 0. The van der Waals surface area contributed by atoms with E-state index in [-0.39, 0.29) is 30.0 Å². The van der Waals surface area contributed by atoms with Gasteiger partial charge in [0.25, 0.3) is 5.91 Å². The SMILES string of the molecule is CCC(C)N(Cc1cccc(OS(=O)(=O)c2cccc(C(F)(F)F)c2)c1)C(=O)c1ccco1. The quantitative estimate of drug-likeness (QED) is 0.397. The Labute approximate surface area is 189 Å². The van der Waals surface area contributed by atoms with E-state index < -0.39 is 26.8 Å². The molecular formula is C23H22F3NO5S. The Morgan fingerprint density at radius 3 is 2.45 bits per heavy atom. The van der Waals surface area contributed by atoms with Gasteiger partial charge in [0.15, 0.2) is 5.76 Å². The van der Waals surface area contributed by atoms with Crippen LogP contribution in [0.5, 0.6) is 5.75 Å². The van der Waals surface area contributed by atoms with Crippen molar-refractivity contribution in [2.45, 2.75) is 43.9 Å². The Hall–Kier alpha value is -3.27. The summed E-state index contributed by atoms with van der Waals surface area (Å²) in [6.45, 7) is 3.95. The first-order chi connectivity index (χ1) is 15.5. The maximum atomic E-state index is 12.9. The largest absolute Gasteiger partial charge is 0.459 e. The van der Waals surface area contributed by atoms with Crippen LogP contribution in [0.25, 0.3) is 0 Å². The normalized spacial score (nSPS) is 12.9. The predicted octanol–water partition coefficient (Wildman–Crippen LogP) is 5.51. The van der Waals surface area contributed by atoms with E-state index in [2.05, 4.69) is 0 Å². The van der Waals surface area contributed by atoms with E-state index in [1.807, 2.05) is 13.8 Å². The van der Waals surface area contributed by atoms with Crippen LogP contribution >= 0.6 is 0 Å². The molecule has 0 saturated heterocycles. The Morgan fingerprint density at radius 2 is 1.82 bits per heavy atom. The molecule has 1 heterocycles. The molecule has 0 radical (unpaired) electrons. The van der Waals surface area contributed by atoms with Crippen molar-refractivity contribution in [3.63, 3.8) is 0 Å². The van der Waals surface area contributed by atoms with Gasteiger partial charge in [-0.15, -0.1) is 0 Å². The van der Waals surface area contributed by atoms with Crippen molar-refractivity contribution in [2.24, 2.45) is 0 Å². The van der Waals surface area contributed by atoms with E-state index in [0.717, 1.165) is 18.2 Å². The summed E-state index contributed by atoms with van der Waals surface area (Å²) in [6, 6.07) is 12.4. The van der Waals surface area contributed by atoms with E-state index >= 15 is 0 Å². The molecule has 0 spiro atoms. The average molecular weight is 481 g/mol. The standard InChI is InChI=1S/C23H22F3NO5S/c1-3-16(2)27(22(28)21-11-6-12-31-21)15-17-7-4-9-19(13-17)32-33(29,30)20-10-5-8-18(14-20)23(24,25)26/h4-14,16H,3,15H2,1-2H3. The zero-order valence-corrected chi connectivity index (χ0v) is 18.7. The number of carbonyl (C=O) groups excluding carboxylic acids is 1. The van der Waals surface area contributed by atoms with Crippen LogP contribution < -0.4 is 4.18 Å². The van der Waals surface area contributed by atoms with Gasteiger partial charge in [0.1, 0.15) is 10.6 Å². The molecule has 0 fully saturated rings. The van der Waals surface area contributed by atoms with Gasteiger partial charge in [-0.2, -0.15) is 21.6 Å². The highest BCUT2D eigenvalue weighted by Gasteiger charge is 2.32. The van der Waals surface area contributed by atoms with Gasteiger partial charge in [0.2, 0.25) is 0 Å². The highest BCUT2D eigenvalue weighted by Crippen LogP contribution is 2.31. The summed E-state index contributed by atoms with van der Waals surface area (Å²) < 4.78 is 74.3. The molecule has 10 heteroatoms. The minimum Gasteiger partial charge on any atom is -0.459 e. The molecule has 1 amide bonds. The van der Waals surface area contributed by atoms with Gasteiger partial charge in [-0.1, -0.05) is 25.1 Å². The third-order valence-electron chi connectivity index (χ3n) is 5.02. The first kappa shape index (κ1) is 24.4. The van der Waals surface area contributed by atoms with Crippen LogP contribution in [0.1, 0.15) is 41.9 Å². The molecule has 2 aromatic carbocycles. The fourth-order valence-electron chi connectivity index (χ4n) is 3.09. The van der Waals surface area contributed by atoms with E-state index in [0.29, 0.717) is 18.1 Å². The number of halogens is 3. The minimum atomic E-state index is -4.69. The molecule has 1 atom stereocenters. The lowest BCUT2D eigenvalue weighted by atomic mass is 10.1. The predicted molar refractivity (Wildman–Crippen MR) is 114 cm³/mol. The average Bonchev–Trinajstić information content (AvgIpc) is 3.31. The van der Waals surface area contributed by atoms with Gasteiger partial charge in [-0.3, -0.25) is 4.79 Å². The number of benzene rings is 2. The number of amides is 1. The lowest BCUT2D eigenvalue weighted by Gasteiger charge is -2.28. The lowest BCUT2D eigenvalue weighted by molar-refractivity contribution is -0.137. The van der Waals surface area contributed by atoms with Crippen LogP contribution in [-0.2, 0) is 22.8 Å². The highest BCUT2D eigenvalue weighted by molar-refractivity contribution is 7.87. The van der Waals surface area contributed by atoms with Crippen LogP contribution in [0, 0.1) is 0 Å². The highest BCUT2D eigenvalue weighted by atomic mass is 32.2. The second kappa shape index (κ2) is 9.70. The van der Waals surface area contributed by atoms with Crippen molar-refractivity contribution < 1.29 is 35.0 Å². The van der Waals surface area contributed by atoms with Crippen LogP contribution in [0.4, 0.5) is 13.2 Å². The molecule has 0 aliphatic rings. The monoisotopic (exact) mass is 481 g/mol. The zero-order chi connectivity index (χ0) is 24.2. The van der Waals surface area contributed by atoms with Crippen molar-refractivity contribution in [1.29, 1.82) is 0 Å². The molecule has 33 heavy (non-hydrogen) atoms. The van der Waals surface area contributed by atoms with Crippen molar-refractivity contribution in [3.8, 4) is 5.75 Å². The summed E-state index contributed by atoms with van der Waals surface area (Å²) >= 11 is 0. The minimum absolute atomic E-state index is 0.0838. The molecule has 0 bridgehead atoms. The summed E-state index contributed by atoms with van der Waals surface area (Å²) in [7, 11) is -4.51. The molecule has 3 rings (SSSR count). The van der Waals surface area contributed by atoms with Crippen molar-refractivity contribution in [3.05, 3.63) is 83.8 Å². The van der Waals surface area contributed by atoms with Crippen LogP contribution in [0.2, 0.25) is 0 Å². The summed E-state index contributed by atoms with van der Waals surface area (Å²) in [6.07, 6.45) is -2.62. The summed E-state index contributed by atoms with van der Waals surface area (Å²) in [5.41, 5.74) is -0.520. The molecule has 6 nitrogen and oxygen atoms in total. The van der Waals surface area contributed by atoms with Gasteiger partial charge >= 0.3 is 16.3 Å². The topological polar surface area (TPSA) is 76.8 Å². The fourth-order valence-corrected chi connectivity index (χ4v) is 4.05. The number of carbonyl (C=O) groups is 1. The Bertz CT molecular complexity index is 1210. The molecule has 1 aromatic heterocycles. The number of hydrogen-bond acceptors (Lipinski definition) is 5. The number of rotatable bonds is 8. The first-order valence-corrected chi connectivity index (χ1v) is 11.5. The molecule has 1 unspecified atom stereocenters. The van der Waals surface area contributed by atoms with Gasteiger partial charge < -0.3 is 13.5 Å². The van der Waals surface area contributed by atoms with Gasteiger partial charge in [0, 0.05) is 12.6 Å². The summed E-state index contributed by atoms with van der Waals surface area (Å²) in [4.78, 5) is 13.8. The Balaban J connectivity index is 1.83. The summed E-state index contributed by atoms with van der Waals surface area (Å²) in [5.74, 6) is -0.230. The van der Waals surface area contributed by atoms with Gasteiger partial charge in [-0.05, 0) is 61.4 Å². The van der Waals surface area contributed by atoms with Crippen molar-refractivity contribution in [2.75, 3.05) is 0 Å². The van der Waals surface area contributed by atoms with E-state index in [9.17, 15) is 26.4 Å². The Morgan fingerprint density at radius 1 is 1.09 bits per heavy atom. The fraction of sp³-hybridized carbons (Fsp3) is 0.261. The molecule has 0 saturated carbocycles. The van der Waals surface area contributed by atoms with Crippen molar-refractivity contribution >= 4 is 16.0 Å². The van der Waals surface area contributed by atoms with E-state index in [4.69, 9.17) is 8.60 Å². The van der Waals surface area contributed by atoms with Crippen molar-refractivity contribution in [1.82, 2.24) is 4.90 Å². The van der Waals surface area contributed by atoms with Crippen LogP contribution in [0.3, 0.4) is 0 Å². The molecule has 0 aliphatic carbocycles. The molecule has 176 valence electrons. The number of alkyl halides is 3. The second-order valence-corrected chi connectivity index (χ2v) is 8.92. The molecule has 0 aliphatic heterocycles. The second-order valence-electron chi connectivity index (χ2n) is 7.38. The number of hydrogen-bond donors (Lipinski definition) is 0. The first-order valence-electron chi connectivity index (χ1n) is 10.1. The van der Waals surface area contributed by atoms with Gasteiger partial charge in [-0.25, -0.2) is 0 Å². The van der Waals surface area contributed by atoms with Gasteiger partial charge in [0.05, 0.1) is 11.8 Å². The van der Waals surface area contributed by atoms with E-state index in [1.54, 1.807) is 29.2 Å². The number of furan rings is 1. The zero-order valence-electron chi connectivity index (χ0n) is 17.9. The molecule has 0 N–H and O–H groups in total. The van der Waals surface area contributed by atoms with Crippen LogP contribution in [0.15, 0.2) is 76.2 Å². The third-order valence-corrected chi connectivity index (χ3v) is 6.27. The van der Waals surface area contributed by atoms with Crippen LogP contribution in [-0.4, -0.2) is 25.3 Å². The lowest BCUT2D eigenvalue weighted by Crippen LogP contribution is -2.37. The Kier molecular flexibility index (Phi) is 7.16. The third kappa shape index (κ3) is 5.95. The maximum absolute atomic E-state index is 12.9. The molecular weight excluding hydrogens is 459 g/mol. The van der Waals surface area contributed by atoms with E-state index in [1.165, 1.54) is 18.4 Å². The number of nitrogens with zero attached hydrogens (tertiary/aromatic N) is 1. The molecule has 3 aromatic rings. The smallest absolute Gasteiger partial charge is 0.416 e.